The van der Waals surface area contributed by atoms with E-state index >= 15 is 0 Å². The fraction of sp³-hybridized carbons (Fsp3) is 0.700. The van der Waals surface area contributed by atoms with Crippen LogP contribution in [0.15, 0.2) is 12.7 Å². The van der Waals surface area contributed by atoms with Gasteiger partial charge in [0.2, 0.25) is 0 Å². The molecule has 0 aliphatic carbocycles. The molecule has 0 aromatic carbocycles. The van der Waals surface area contributed by atoms with Crippen LogP contribution in [0.1, 0.15) is 32.6 Å². The van der Waals surface area contributed by atoms with Gasteiger partial charge in [-0.05, 0) is 6.42 Å². The first kappa shape index (κ1) is 15.1. The van der Waals surface area contributed by atoms with Crippen LogP contribution in [-0.2, 0) is 19.6 Å². The first-order valence-electron chi connectivity index (χ1n) is 5.17. The molecule has 0 bridgehead atoms. The molecule has 1 N–H and O–H groups in total. The van der Waals surface area contributed by atoms with E-state index in [4.69, 9.17) is 4.55 Å². The fourth-order valence-electron chi connectivity index (χ4n) is 1.20. The molecule has 94 valence electrons. The lowest BCUT2D eigenvalue weighted by molar-refractivity contribution is -0.142. The second-order valence-electron chi connectivity index (χ2n) is 3.42. The van der Waals surface area contributed by atoms with Crippen LogP contribution in [0, 0.1) is 0 Å². The van der Waals surface area contributed by atoms with Crippen molar-refractivity contribution in [2.75, 3.05) is 6.61 Å². The summed E-state index contributed by atoms with van der Waals surface area (Å²) in [4.78, 5) is 11.3. The average molecular weight is 250 g/mol. The Hall–Kier alpha value is -0.880. The highest BCUT2D eigenvalue weighted by molar-refractivity contribution is 7.87. The van der Waals surface area contributed by atoms with Gasteiger partial charge >= 0.3 is 5.97 Å². The standard InChI is InChI=1S/C10H18O5S/c1-3-5-6-7-9(16(12,13)14)10(11)15-8-4-2/h4,9H,2-3,5-8H2,1H3,(H,12,13,14). The highest BCUT2D eigenvalue weighted by Gasteiger charge is 2.31. The zero-order valence-electron chi connectivity index (χ0n) is 9.39. The van der Waals surface area contributed by atoms with Crippen molar-refractivity contribution in [1.82, 2.24) is 0 Å². The Balaban J connectivity index is 4.43. The van der Waals surface area contributed by atoms with E-state index in [9.17, 15) is 13.2 Å². The third kappa shape index (κ3) is 5.87. The number of ether oxygens (including phenoxy) is 1. The molecule has 1 unspecified atom stereocenters. The minimum Gasteiger partial charge on any atom is -0.460 e. The molecule has 0 saturated carbocycles. The molecule has 0 heterocycles. The zero-order chi connectivity index (χ0) is 12.6. The number of rotatable bonds is 8. The highest BCUT2D eigenvalue weighted by Crippen LogP contribution is 2.12. The maximum absolute atomic E-state index is 11.3. The molecule has 0 aliphatic rings. The molecule has 0 aromatic rings. The first-order chi connectivity index (χ1) is 7.43. The molecule has 0 fully saturated rings. The Morgan fingerprint density at radius 3 is 2.56 bits per heavy atom. The van der Waals surface area contributed by atoms with Gasteiger partial charge in [0, 0.05) is 0 Å². The summed E-state index contributed by atoms with van der Waals surface area (Å²) >= 11 is 0. The Kier molecular flexibility index (Phi) is 7.00. The maximum Gasteiger partial charge on any atom is 0.327 e. The van der Waals surface area contributed by atoms with Gasteiger partial charge in [0.25, 0.3) is 10.1 Å². The van der Waals surface area contributed by atoms with Crippen LogP contribution < -0.4 is 0 Å². The Labute approximate surface area is 96.2 Å². The van der Waals surface area contributed by atoms with Gasteiger partial charge < -0.3 is 4.74 Å². The number of carbonyl (C=O) groups excluding carboxylic acids is 1. The van der Waals surface area contributed by atoms with Gasteiger partial charge in [0.1, 0.15) is 6.61 Å². The van der Waals surface area contributed by atoms with Crippen LogP contribution in [0.25, 0.3) is 0 Å². The SMILES string of the molecule is C=CCOC(=O)C(CCCCC)S(=O)(=O)O. The largest absolute Gasteiger partial charge is 0.460 e. The summed E-state index contributed by atoms with van der Waals surface area (Å²) in [6, 6.07) is 0. The van der Waals surface area contributed by atoms with E-state index in [0.29, 0.717) is 6.42 Å². The number of esters is 1. The minimum absolute atomic E-state index is 0.0569. The fourth-order valence-corrected chi connectivity index (χ4v) is 1.98. The Morgan fingerprint density at radius 2 is 2.12 bits per heavy atom. The van der Waals surface area contributed by atoms with Gasteiger partial charge in [-0.25, -0.2) is 0 Å². The monoisotopic (exact) mass is 250 g/mol. The number of carbonyl (C=O) groups is 1. The van der Waals surface area contributed by atoms with Crippen molar-refractivity contribution < 1.29 is 22.5 Å². The summed E-state index contributed by atoms with van der Waals surface area (Å²) in [5.41, 5.74) is 0. The number of hydrogen-bond donors (Lipinski definition) is 1. The van der Waals surface area contributed by atoms with Gasteiger partial charge in [-0.3, -0.25) is 9.35 Å². The molecular weight excluding hydrogens is 232 g/mol. The first-order valence-corrected chi connectivity index (χ1v) is 6.67. The number of hydrogen-bond acceptors (Lipinski definition) is 4. The van der Waals surface area contributed by atoms with Crippen molar-refractivity contribution in [1.29, 1.82) is 0 Å². The van der Waals surface area contributed by atoms with E-state index in [2.05, 4.69) is 11.3 Å². The van der Waals surface area contributed by atoms with Gasteiger partial charge in [-0.15, -0.1) is 0 Å². The molecule has 0 radical (unpaired) electrons. The molecule has 0 spiro atoms. The predicted molar refractivity (Wildman–Crippen MR) is 60.6 cm³/mol. The summed E-state index contributed by atoms with van der Waals surface area (Å²) < 4.78 is 35.4. The summed E-state index contributed by atoms with van der Waals surface area (Å²) in [5.74, 6) is -0.918. The van der Waals surface area contributed by atoms with Gasteiger partial charge in [-0.1, -0.05) is 38.8 Å². The molecule has 6 heteroatoms. The highest BCUT2D eigenvalue weighted by atomic mass is 32.2. The Morgan fingerprint density at radius 1 is 1.50 bits per heavy atom. The van der Waals surface area contributed by atoms with E-state index in [-0.39, 0.29) is 13.0 Å². The smallest absolute Gasteiger partial charge is 0.327 e. The zero-order valence-corrected chi connectivity index (χ0v) is 10.2. The van der Waals surface area contributed by atoms with Crippen molar-refractivity contribution in [3.05, 3.63) is 12.7 Å². The van der Waals surface area contributed by atoms with E-state index in [0.717, 1.165) is 12.8 Å². The molecule has 1 atom stereocenters. The number of unbranched alkanes of at least 4 members (excludes halogenated alkanes) is 2. The molecule has 0 aromatic heterocycles. The van der Waals surface area contributed by atoms with Crippen LogP contribution in [0.2, 0.25) is 0 Å². The van der Waals surface area contributed by atoms with Gasteiger partial charge in [0.15, 0.2) is 5.25 Å². The van der Waals surface area contributed by atoms with Gasteiger partial charge in [-0.2, -0.15) is 8.42 Å². The van der Waals surface area contributed by atoms with E-state index < -0.39 is 21.3 Å². The maximum atomic E-state index is 11.3. The quantitative estimate of drug-likeness (QED) is 0.306. The molecular formula is C10H18O5S. The van der Waals surface area contributed by atoms with Crippen LogP contribution in [0.3, 0.4) is 0 Å². The van der Waals surface area contributed by atoms with Crippen LogP contribution in [-0.4, -0.2) is 30.8 Å². The minimum atomic E-state index is -4.38. The molecule has 5 nitrogen and oxygen atoms in total. The Bertz CT molecular complexity index is 320. The lowest BCUT2D eigenvalue weighted by Gasteiger charge is -2.12. The van der Waals surface area contributed by atoms with Crippen molar-refractivity contribution in [2.45, 2.75) is 37.9 Å². The summed E-state index contributed by atoms with van der Waals surface area (Å²) in [6.07, 6.45) is 3.69. The average Bonchev–Trinajstić information content (AvgIpc) is 2.19. The van der Waals surface area contributed by atoms with Crippen molar-refractivity contribution in [3.63, 3.8) is 0 Å². The third-order valence-corrected chi connectivity index (χ3v) is 3.18. The molecule has 0 saturated heterocycles. The lowest BCUT2D eigenvalue weighted by Crippen LogP contribution is -2.31. The van der Waals surface area contributed by atoms with E-state index in [1.54, 1.807) is 0 Å². The second-order valence-corrected chi connectivity index (χ2v) is 5.02. The summed E-state index contributed by atoms with van der Waals surface area (Å²) in [6.45, 7) is 5.24. The van der Waals surface area contributed by atoms with Crippen molar-refractivity contribution in [2.24, 2.45) is 0 Å². The molecule has 16 heavy (non-hydrogen) atoms. The summed E-state index contributed by atoms with van der Waals surface area (Å²) in [7, 11) is -4.38. The van der Waals surface area contributed by atoms with Crippen LogP contribution in [0.4, 0.5) is 0 Å². The molecule has 0 amide bonds. The third-order valence-electron chi connectivity index (χ3n) is 2.04. The van der Waals surface area contributed by atoms with E-state index in [1.165, 1.54) is 6.08 Å². The second kappa shape index (κ2) is 7.40. The molecule has 0 aliphatic heterocycles. The molecule has 0 rings (SSSR count). The normalized spacial score (nSPS) is 13.1. The van der Waals surface area contributed by atoms with Crippen LogP contribution in [0.5, 0.6) is 0 Å². The van der Waals surface area contributed by atoms with E-state index in [1.807, 2.05) is 6.92 Å². The summed E-state index contributed by atoms with van der Waals surface area (Å²) in [5, 5.41) is -1.47. The van der Waals surface area contributed by atoms with Crippen molar-refractivity contribution >= 4 is 16.1 Å². The van der Waals surface area contributed by atoms with Crippen LogP contribution >= 0.6 is 0 Å². The predicted octanol–water partition coefficient (Wildman–Crippen LogP) is 1.55. The topological polar surface area (TPSA) is 80.7 Å². The van der Waals surface area contributed by atoms with Crippen molar-refractivity contribution in [3.8, 4) is 0 Å². The van der Waals surface area contributed by atoms with Gasteiger partial charge in [0.05, 0.1) is 0 Å². The lowest BCUT2D eigenvalue weighted by atomic mass is 10.1.